The average molecular weight is 237 g/mol. The second kappa shape index (κ2) is 5.61. The van der Waals surface area contributed by atoms with Gasteiger partial charge in [0.25, 0.3) is 0 Å². The first-order valence-electron chi connectivity index (χ1n) is 6.34. The average Bonchev–Trinajstić information content (AvgIpc) is 2.32. The third-order valence-corrected chi connectivity index (χ3v) is 3.53. The highest BCUT2D eigenvalue weighted by Crippen LogP contribution is 2.22. The molecule has 17 heavy (non-hydrogen) atoms. The molecule has 0 aromatic heterocycles. The van der Waals surface area contributed by atoms with Crippen molar-refractivity contribution in [1.82, 2.24) is 5.32 Å². The zero-order valence-electron chi connectivity index (χ0n) is 10.2. The molecule has 1 fully saturated rings. The van der Waals surface area contributed by atoms with E-state index in [1.54, 1.807) is 12.1 Å². The van der Waals surface area contributed by atoms with Crippen molar-refractivity contribution in [2.24, 2.45) is 0 Å². The molecule has 1 aromatic rings. The van der Waals surface area contributed by atoms with Crippen LogP contribution in [0.1, 0.15) is 44.2 Å². The summed E-state index contributed by atoms with van der Waals surface area (Å²) in [6.45, 7) is 2.06. The van der Waals surface area contributed by atoms with E-state index in [-0.39, 0.29) is 18.0 Å². The SMILES string of the molecule is CC(NC1CCC(O)CC1)c1cccc(F)c1. The predicted molar refractivity (Wildman–Crippen MR) is 66.2 cm³/mol. The van der Waals surface area contributed by atoms with Crippen molar-refractivity contribution >= 4 is 0 Å². The molecule has 1 aliphatic carbocycles. The molecule has 2 N–H and O–H groups in total. The molecular formula is C14H20FNO. The molecule has 0 bridgehead atoms. The molecule has 1 atom stereocenters. The molecular weight excluding hydrogens is 217 g/mol. The minimum Gasteiger partial charge on any atom is -0.393 e. The van der Waals surface area contributed by atoms with Crippen molar-refractivity contribution in [3.05, 3.63) is 35.6 Å². The van der Waals surface area contributed by atoms with Crippen LogP contribution in [0.25, 0.3) is 0 Å². The highest BCUT2D eigenvalue weighted by Gasteiger charge is 2.20. The van der Waals surface area contributed by atoms with E-state index in [0.717, 1.165) is 31.2 Å². The molecule has 0 heterocycles. The van der Waals surface area contributed by atoms with Gasteiger partial charge in [-0.3, -0.25) is 0 Å². The van der Waals surface area contributed by atoms with E-state index in [1.165, 1.54) is 6.07 Å². The lowest BCUT2D eigenvalue weighted by Gasteiger charge is -2.29. The maximum atomic E-state index is 13.1. The molecule has 2 rings (SSSR count). The first-order chi connectivity index (χ1) is 8.15. The summed E-state index contributed by atoms with van der Waals surface area (Å²) in [4.78, 5) is 0. The van der Waals surface area contributed by atoms with Gasteiger partial charge in [-0.25, -0.2) is 4.39 Å². The van der Waals surface area contributed by atoms with Gasteiger partial charge in [-0.1, -0.05) is 12.1 Å². The topological polar surface area (TPSA) is 32.3 Å². The highest BCUT2D eigenvalue weighted by atomic mass is 19.1. The summed E-state index contributed by atoms with van der Waals surface area (Å²) >= 11 is 0. The van der Waals surface area contributed by atoms with Crippen LogP contribution in [0.3, 0.4) is 0 Å². The molecule has 1 saturated carbocycles. The Bertz CT molecular complexity index is 361. The normalized spacial score (nSPS) is 26.8. The largest absolute Gasteiger partial charge is 0.393 e. The Kier molecular flexibility index (Phi) is 4.13. The zero-order chi connectivity index (χ0) is 12.3. The van der Waals surface area contributed by atoms with Gasteiger partial charge in [0.05, 0.1) is 6.10 Å². The molecule has 1 aliphatic rings. The monoisotopic (exact) mass is 237 g/mol. The summed E-state index contributed by atoms with van der Waals surface area (Å²) in [7, 11) is 0. The van der Waals surface area contributed by atoms with Crippen LogP contribution >= 0.6 is 0 Å². The molecule has 0 saturated heterocycles. The van der Waals surface area contributed by atoms with Crippen molar-refractivity contribution in [2.45, 2.75) is 50.8 Å². The number of rotatable bonds is 3. The lowest BCUT2D eigenvalue weighted by atomic mass is 9.92. The molecule has 0 spiro atoms. The Balaban J connectivity index is 1.90. The summed E-state index contributed by atoms with van der Waals surface area (Å²) in [5.74, 6) is -0.185. The Labute approximate surface area is 102 Å². The molecule has 0 amide bonds. The van der Waals surface area contributed by atoms with E-state index in [1.807, 2.05) is 6.07 Å². The fourth-order valence-electron chi connectivity index (χ4n) is 2.47. The van der Waals surface area contributed by atoms with E-state index in [4.69, 9.17) is 0 Å². The van der Waals surface area contributed by atoms with Crippen LogP contribution in [-0.2, 0) is 0 Å². The number of nitrogens with one attached hydrogen (secondary N) is 1. The Morgan fingerprint density at radius 1 is 1.29 bits per heavy atom. The quantitative estimate of drug-likeness (QED) is 0.847. The van der Waals surface area contributed by atoms with Gasteiger partial charge in [0.15, 0.2) is 0 Å². The number of benzene rings is 1. The zero-order valence-corrected chi connectivity index (χ0v) is 10.2. The third kappa shape index (κ3) is 3.51. The van der Waals surface area contributed by atoms with E-state index in [0.29, 0.717) is 6.04 Å². The maximum absolute atomic E-state index is 13.1. The lowest BCUT2D eigenvalue weighted by molar-refractivity contribution is 0.114. The first-order valence-corrected chi connectivity index (χ1v) is 6.34. The minimum atomic E-state index is -0.185. The standard InChI is InChI=1S/C14H20FNO/c1-10(11-3-2-4-12(15)9-11)16-13-5-7-14(17)8-6-13/h2-4,9-10,13-14,16-17H,5-8H2,1H3. The van der Waals surface area contributed by atoms with Gasteiger partial charge in [-0.15, -0.1) is 0 Å². The Morgan fingerprint density at radius 2 is 2.00 bits per heavy atom. The Morgan fingerprint density at radius 3 is 2.65 bits per heavy atom. The lowest BCUT2D eigenvalue weighted by Crippen LogP contribution is -2.36. The molecule has 0 aliphatic heterocycles. The van der Waals surface area contributed by atoms with Crippen LogP contribution in [0.4, 0.5) is 4.39 Å². The van der Waals surface area contributed by atoms with E-state index >= 15 is 0 Å². The number of aliphatic hydroxyl groups is 1. The second-order valence-electron chi connectivity index (χ2n) is 4.95. The van der Waals surface area contributed by atoms with Crippen molar-refractivity contribution in [3.63, 3.8) is 0 Å². The van der Waals surface area contributed by atoms with Crippen LogP contribution in [0.5, 0.6) is 0 Å². The van der Waals surface area contributed by atoms with Gasteiger partial charge >= 0.3 is 0 Å². The summed E-state index contributed by atoms with van der Waals surface area (Å²) in [5, 5.41) is 12.9. The minimum absolute atomic E-state index is 0.127. The van der Waals surface area contributed by atoms with Gasteiger partial charge in [-0.05, 0) is 50.3 Å². The van der Waals surface area contributed by atoms with Crippen molar-refractivity contribution < 1.29 is 9.50 Å². The number of aliphatic hydroxyl groups excluding tert-OH is 1. The van der Waals surface area contributed by atoms with Crippen LogP contribution in [0.15, 0.2) is 24.3 Å². The smallest absolute Gasteiger partial charge is 0.123 e. The number of halogens is 1. The number of hydrogen-bond acceptors (Lipinski definition) is 2. The summed E-state index contributed by atoms with van der Waals surface area (Å²) in [6, 6.07) is 7.33. The molecule has 3 heteroatoms. The highest BCUT2D eigenvalue weighted by molar-refractivity contribution is 5.19. The fourth-order valence-corrected chi connectivity index (χ4v) is 2.47. The molecule has 0 radical (unpaired) electrons. The third-order valence-electron chi connectivity index (χ3n) is 3.53. The van der Waals surface area contributed by atoms with Gasteiger partial charge in [0.2, 0.25) is 0 Å². The van der Waals surface area contributed by atoms with Crippen LogP contribution in [0, 0.1) is 5.82 Å². The van der Waals surface area contributed by atoms with Gasteiger partial charge in [0.1, 0.15) is 5.82 Å². The van der Waals surface area contributed by atoms with Gasteiger partial charge in [0, 0.05) is 12.1 Å². The van der Waals surface area contributed by atoms with Gasteiger partial charge < -0.3 is 10.4 Å². The van der Waals surface area contributed by atoms with Crippen LogP contribution < -0.4 is 5.32 Å². The fraction of sp³-hybridized carbons (Fsp3) is 0.571. The molecule has 94 valence electrons. The van der Waals surface area contributed by atoms with E-state index in [2.05, 4.69) is 12.2 Å². The second-order valence-corrected chi connectivity index (χ2v) is 4.95. The Hall–Kier alpha value is -0.930. The van der Waals surface area contributed by atoms with Crippen LogP contribution in [0.2, 0.25) is 0 Å². The van der Waals surface area contributed by atoms with Crippen molar-refractivity contribution in [3.8, 4) is 0 Å². The van der Waals surface area contributed by atoms with Crippen molar-refractivity contribution in [1.29, 1.82) is 0 Å². The van der Waals surface area contributed by atoms with Crippen molar-refractivity contribution in [2.75, 3.05) is 0 Å². The number of hydrogen-bond donors (Lipinski definition) is 2. The molecule has 1 aromatic carbocycles. The van der Waals surface area contributed by atoms with Gasteiger partial charge in [-0.2, -0.15) is 0 Å². The molecule has 2 nitrogen and oxygen atoms in total. The predicted octanol–water partition coefficient (Wildman–Crippen LogP) is 2.78. The molecule has 1 unspecified atom stereocenters. The van der Waals surface area contributed by atoms with E-state index in [9.17, 15) is 9.50 Å². The summed E-state index contributed by atoms with van der Waals surface area (Å²) in [6.07, 6.45) is 3.61. The van der Waals surface area contributed by atoms with E-state index < -0.39 is 0 Å². The van der Waals surface area contributed by atoms with Crippen LogP contribution in [-0.4, -0.2) is 17.3 Å². The maximum Gasteiger partial charge on any atom is 0.123 e. The first kappa shape index (κ1) is 12.5. The summed E-state index contributed by atoms with van der Waals surface area (Å²) in [5.41, 5.74) is 0.983. The summed E-state index contributed by atoms with van der Waals surface area (Å²) < 4.78 is 13.1.